The van der Waals surface area contributed by atoms with Crippen LogP contribution in [0, 0.1) is 0 Å². The van der Waals surface area contributed by atoms with Crippen LogP contribution in [0.1, 0.15) is 32.4 Å². The Kier molecular flexibility index (Phi) is 5.16. The molecule has 0 aliphatic heterocycles. The van der Waals surface area contributed by atoms with Crippen LogP contribution in [0.25, 0.3) is 0 Å². The van der Waals surface area contributed by atoms with Crippen LogP contribution in [-0.2, 0) is 9.53 Å². The van der Waals surface area contributed by atoms with E-state index in [0.717, 1.165) is 5.56 Å². The molecule has 0 amide bonds. The van der Waals surface area contributed by atoms with Crippen LogP contribution in [0.4, 0.5) is 0 Å². The van der Waals surface area contributed by atoms with E-state index < -0.39 is 6.10 Å². The molecule has 17 heavy (non-hydrogen) atoms. The number of aliphatic imine (C=N–C) groups is 1. The third-order valence-corrected chi connectivity index (χ3v) is 2.34. The Hall–Kier alpha value is -1.35. The topological polar surface area (TPSA) is 38.7 Å². The summed E-state index contributed by atoms with van der Waals surface area (Å²) in [6, 6.07) is 9.31. The molecular weight excluding hydrogens is 238 g/mol. The van der Waals surface area contributed by atoms with Crippen molar-refractivity contribution in [3.05, 3.63) is 35.9 Å². The molecule has 0 saturated carbocycles. The van der Waals surface area contributed by atoms with E-state index in [0.29, 0.717) is 5.17 Å². The second kappa shape index (κ2) is 6.40. The van der Waals surface area contributed by atoms with Crippen LogP contribution in [-0.4, -0.2) is 17.2 Å². The monoisotopic (exact) mass is 253 g/mol. The minimum atomic E-state index is -0.401. The quantitative estimate of drug-likeness (QED) is 0.610. The lowest BCUT2D eigenvalue weighted by Gasteiger charge is -2.21. The molecular formula is C13H16ClNO2. The number of hydrogen-bond donors (Lipinski definition) is 0. The number of nitrogens with zero attached hydrogens (tertiary/aromatic N) is 1. The second-order valence-electron chi connectivity index (χ2n) is 3.81. The number of halogens is 1. The standard InChI is InChI=1S/C13H16ClNO2/c1-9(15-10(2)14)13(17-11(3)16)12-7-5-4-6-8-12/h4-9,13H,1-3H3/t9-,13-/m0/s1. The van der Waals surface area contributed by atoms with Gasteiger partial charge in [0.15, 0.2) is 0 Å². The van der Waals surface area contributed by atoms with Gasteiger partial charge in [-0.15, -0.1) is 0 Å². The Morgan fingerprint density at radius 1 is 1.29 bits per heavy atom. The summed E-state index contributed by atoms with van der Waals surface area (Å²) in [6.07, 6.45) is -0.401. The first-order chi connectivity index (χ1) is 8.00. The van der Waals surface area contributed by atoms with Crippen molar-refractivity contribution in [3.63, 3.8) is 0 Å². The Morgan fingerprint density at radius 2 is 1.88 bits per heavy atom. The average Bonchev–Trinajstić information content (AvgIpc) is 2.25. The molecule has 0 saturated heterocycles. The van der Waals surface area contributed by atoms with Gasteiger partial charge in [-0.25, -0.2) is 0 Å². The smallest absolute Gasteiger partial charge is 0.303 e. The number of ether oxygens (including phenoxy) is 1. The summed E-state index contributed by atoms with van der Waals surface area (Å²) in [5.74, 6) is -0.326. The van der Waals surface area contributed by atoms with Gasteiger partial charge in [-0.1, -0.05) is 41.9 Å². The van der Waals surface area contributed by atoms with Crippen molar-refractivity contribution in [2.24, 2.45) is 4.99 Å². The number of rotatable bonds is 4. The summed E-state index contributed by atoms with van der Waals surface area (Å²) in [5.41, 5.74) is 0.914. The summed E-state index contributed by atoms with van der Waals surface area (Å²) in [4.78, 5) is 15.3. The zero-order valence-electron chi connectivity index (χ0n) is 10.2. The maximum absolute atomic E-state index is 11.1. The fourth-order valence-corrected chi connectivity index (χ4v) is 1.77. The minimum absolute atomic E-state index is 0.209. The van der Waals surface area contributed by atoms with Gasteiger partial charge in [-0.3, -0.25) is 9.79 Å². The van der Waals surface area contributed by atoms with Crippen LogP contribution in [0.3, 0.4) is 0 Å². The first-order valence-electron chi connectivity index (χ1n) is 5.42. The van der Waals surface area contributed by atoms with Crippen molar-refractivity contribution in [1.29, 1.82) is 0 Å². The van der Waals surface area contributed by atoms with E-state index in [-0.39, 0.29) is 12.0 Å². The van der Waals surface area contributed by atoms with Crippen molar-refractivity contribution in [1.82, 2.24) is 0 Å². The zero-order valence-corrected chi connectivity index (χ0v) is 10.9. The van der Waals surface area contributed by atoms with E-state index in [1.165, 1.54) is 6.92 Å². The van der Waals surface area contributed by atoms with Crippen molar-refractivity contribution in [2.75, 3.05) is 0 Å². The fourth-order valence-electron chi connectivity index (χ4n) is 1.61. The molecule has 0 fully saturated rings. The minimum Gasteiger partial charge on any atom is -0.455 e. The van der Waals surface area contributed by atoms with E-state index in [9.17, 15) is 4.79 Å². The van der Waals surface area contributed by atoms with Crippen molar-refractivity contribution in [3.8, 4) is 0 Å². The van der Waals surface area contributed by atoms with Crippen LogP contribution < -0.4 is 0 Å². The van der Waals surface area contributed by atoms with Crippen LogP contribution in [0.2, 0.25) is 0 Å². The van der Waals surface area contributed by atoms with E-state index in [1.807, 2.05) is 37.3 Å². The van der Waals surface area contributed by atoms with Crippen molar-refractivity contribution < 1.29 is 9.53 Å². The maximum Gasteiger partial charge on any atom is 0.303 e. The first kappa shape index (κ1) is 13.7. The Bertz CT molecular complexity index is 399. The predicted molar refractivity (Wildman–Crippen MR) is 69.4 cm³/mol. The molecule has 92 valence electrons. The number of benzene rings is 1. The van der Waals surface area contributed by atoms with Gasteiger partial charge in [-0.05, 0) is 19.4 Å². The third-order valence-electron chi connectivity index (χ3n) is 2.24. The Labute approximate surface area is 106 Å². The largest absolute Gasteiger partial charge is 0.455 e. The SMILES string of the molecule is CC(=O)O[C@H](c1ccccc1)[C@H](C)N=C(C)Cl. The second-order valence-corrected chi connectivity index (χ2v) is 4.35. The molecule has 0 unspecified atom stereocenters. The number of hydrogen-bond acceptors (Lipinski definition) is 3. The summed E-state index contributed by atoms with van der Waals surface area (Å²) < 4.78 is 5.29. The van der Waals surface area contributed by atoms with Gasteiger partial charge in [0.25, 0.3) is 0 Å². The van der Waals surface area contributed by atoms with Crippen molar-refractivity contribution >= 4 is 22.7 Å². The fraction of sp³-hybridized carbons (Fsp3) is 0.385. The molecule has 1 aromatic carbocycles. The molecule has 0 aromatic heterocycles. The molecule has 0 aliphatic carbocycles. The van der Waals surface area contributed by atoms with Gasteiger partial charge >= 0.3 is 5.97 Å². The summed E-state index contributed by atoms with van der Waals surface area (Å²) in [5, 5.41) is 0.450. The summed E-state index contributed by atoms with van der Waals surface area (Å²) >= 11 is 5.75. The number of carbonyl (C=O) groups is 1. The number of carbonyl (C=O) groups excluding carboxylic acids is 1. The first-order valence-corrected chi connectivity index (χ1v) is 5.80. The highest BCUT2D eigenvalue weighted by atomic mass is 35.5. The third kappa shape index (κ3) is 4.57. The van der Waals surface area contributed by atoms with Gasteiger partial charge in [0.1, 0.15) is 6.10 Å². The van der Waals surface area contributed by atoms with Gasteiger partial charge in [-0.2, -0.15) is 0 Å². The molecule has 1 aromatic rings. The van der Waals surface area contributed by atoms with E-state index in [4.69, 9.17) is 16.3 Å². The highest BCUT2D eigenvalue weighted by Crippen LogP contribution is 2.23. The molecule has 2 atom stereocenters. The maximum atomic E-state index is 11.1. The molecule has 0 N–H and O–H groups in total. The van der Waals surface area contributed by atoms with Crippen LogP contribution >= 0.6 is 11.6 Å². The lowest BCUT2D eigenvalue weighted by molar-refractivity contribution is -0.147. The lowest BCUT2D eigenvalue weighted by atomic mass is 10.0. The van der Waals surface area contributed by atoms with Gasteiger partial charge < -0.3 is 4.74 Å². The number of esters is 1. The summed E-state index contributed by atoms with van der Waals surface area (Å²) in [6.45, 7) is 4.96. The van der Waals surface area contributed by atoms with Crippen molar-refractivity contribution in [2.45, 2.75) is 32.9 Å². The van der Waals surface area contributed by atoms with Gasteiger partial charge in [0.05, 0.1) is 11.2 Å². The normalized spacial score (nSPS) is 15.2. The highest BCUT2D eigenvalue weighted by Gasteiger charge is 2.21. The van der Waals surface area contributed by atoms with Crippen LogP contribution in [0.5, 0.6) is 0 Å². The Balaban J connectivity index is 2.96. The average molecular weight is 254 g/mol. The molecule has 0 bridgehead atoms. The van der Waals surface area contributed by atoms with Gasteiger partial charge in [0, 0.05) is 6.92 Å². The lowest BCUT2D eigenvalue weighted by Crippen LogP contribution is -2.19. The Morgan fingerprint density at radius 3 is 2.35 bits per heavy atom. The molecule has 4 heteroatoms. The zero-order chi connectivity index (χ0) is 12.8. The molecule has 0 radical (unpaired) electrons. The van der Waals surface area contributed by atoms with Crippen LogP contribution in [0.15, 0.2) is 35.3 Å². The summed E-state index contributed by atoms with van der Waals surface area (Å²) in [7, 11) is 0. The molecule has 3 nitrogen and oxygen atoms in total. The molecule has 0 spiro atoms. The van der Waals surface area contributed by atoms with Gasteiger partial charge in [0.2, 0.25) is 0 Å². The van der Waals surface area contributed by atoms with E-state index in [1.54, 1.807) is 6.92 Å². The molecule has 1 rings (SSSR count). The molecule has 0 aliphatic rings. The molecule has 0 heterocycles. The van der Waals surface area contributed by atoms with E-state index in [2.05, 4.69) is 4.99 Å². The van der Waals surface area contributed by atoms with E-state index >= 15 is 0 Å². The predicted octanol–water partition coefficient (Wildman–Crippen LogP) is 3.34. The highest BCUT2D eigenvalue weighted by molar-refractivity contribution is 6.64.